The van der Waals surface area contributed by atoms with Gasteiger partial charge in [0.15, 0.2) is 24.9 Å². The van der Waals surface area contributed by atoms with E-state index in [0.717, 1.165) is 23.9 Å². The highest BCUT2D eigenvalue weighted by Crippen LogP contribution is 2.46. The molecule has 2 aliphatic heterocycles. The second-order valence-electron chi connectivity index (χ2n) is 21.5. The van der Waals surface area contributed by atoms with Gasteiger partial charge in [-0.05, 0) is 122 Å². The lowest BCUT2D eigenvalue weighted by Crippen LogP contribution is -2.24. The third-order valence-electron chi connectivity index (χ3n) is 15.6. The van der Waals surface area contributed by atoms with Crippen molar-refractivity contribution in [3.8, 4) is 51.3 Å². The number of hydrogen-bond acceptors (Lipinski definition) is 13. The Bertz CT molecular complexity index is 4860. The summed E-state index contributed by atoms with van der Waals surface area (Å²) < 4.78 is 151. The maximum absolute atomic E-state index is 14.1. The average molecular weight is 1420 g/mol. The predicted molar refractivity (Wildman–Crippen MR) is 343 cm³/mol. The number of anilines is 2. The van der Waals surface area contributed by atoms with E-state index < -0.39 is 47.0 Å². The molecule has 0 radical (unpaired) electrons. The van der Waals surface area contributed by atoms with Crippen molar-refractivity contribution in [3.63, 3.8) is 0 Å². The van der Waals surface area contributed by atoms with E-state index in [9.17, 15) is 68.3 Å². The number of aldehydes is 2. The zero-order valence-electron chi connectivity index (χ0n) is 52.9. The van der Waals surface area contributed by atoms with Crippen LogP contribution in [-0.2, 0) is 32.6 Å². The fourth-order valence-electron chi connectivity index (χ4n) is 10.9. The molecule has 12 rings (SSSR count). The Morgan fingerprint density at radius 2 is 0.979 bits per heavy atom. The SMILES string of the molecule is CNC(=O)Nc1ccc2c(c1)C(=O)/C(=C/c1c(-c3c(C)nn(C)c3C)[nH]c3c(C(F)(F)F)cc(OC)cc13)O2.CNC(=O)Nc1ccc2c(c1)C(=O)CO2.COc1cc(C(F)(F)F)c2[nH]c(-c3c(C)nn(C)c3C)c(C=O)c2c1.COc1cc(C(F)(F)F)c2[nH]c(Br)c(C=O)c2c1. The highest BCUT2D eigenvalue weighted by Gasteiger charge is 2.39. The number of nitrogens with one attached hydrogen (secondary N) is 7. The molecule has 32 heteroatoms. The van der Waals surface area contributed by atoms with Gasteiger partial charge < -0.3 is 59.9 Å². The van der Waals surface area contributed by atoms with Crippen LogP contribution in [0.4, 0.5) is 60.5 Å². The number of aromatic amines is 3. The number of ketones is 2. The Balaban J connectivity index is 0.000000163. The van der Waals surface area contributed by atoms with Gasteiger partial charge in [-0.15, -0.1) is 0 Å². The summed E-state index contributed by atoms with van der Waals surface area (Å²) in [6.45, 7) is 7.17. The molecule has 7 N–H and O–H groups in total. The number of aryl methyl sites for hydroxylation is 4. The number of nitrogens with zero attached hydrogens (tertiary/aromatic N) is 4. The molecule has 22 nitrogen and oxygen atoms in total. The summed E-state index contributed by atoms with van der Waals surface area (Å²) in [5.74, 6) is 0.290. The highest BCUT2D eigenvalue weighted by atomic mass is 79.9. The predicted octanol–water partition coefficient (Wildman–Crippen LogP) is 14.4. The minimum absolute atomic E-state index is 0.00604. The Morgan fingerprint density at radius 1 is 0.577 bits per heavy atom. The summed E-state index contributed by atoms with van der Waals surface area (Å²) in [4.78, 5) is 78.2. The molecule has 0 atom stereocenters. The zero-order valence-corrected chi connectivity index (χ0v) is 54.5. The van der Waals surface area contributed by atoms with Gasteiger partial charge in [0.25, 0.3) is 0 Å². The molecule has 2 aliphatic rings. The maximum atomic E-state index is 14.1. The molecular formula is C65H57BrF9N11O11. The van der Waals surface area contributed by atoms with Crippen molar-refractivity contribution < 1.29 is 92.0 Å². The van der Waals surface area contributed by atoms with Gasteiger partial charge in [0.1, 0.15) is 28.7 Å². The van der Waals surface area contributed by atoms with Crippen LogP contribution in [0.5, 0.6) is 28.7 Å². The normalized spacial score (nSPS) is 12.9. The van der Waals surface area contributed by atoms with Gasteiger partial charge in [0.2, 0.25) is 11.6 Å². The van der Waals surface area contributed by atoms with Crippen molar-refractivity contribution in [2.45, 2.75) is 46.2 Å². The minimum Gasteiger partial charge on any atom is -0.497 e. The van der Waals surface area contributed by atoms with Crippen molar-refractivity contribution in [2.75, 3.05) is 52.7 Å². The van der Waals surface area contributed by atoms with Crippen LogP contribution in [0.15, 0.2) is 83.2 Å². The van der Waals surface area contributed by atoms with Gasteiger partial charge >= 0.3 is 30.6 Å². The lowest BCUT2D eigenvalue weighted by molar-refractivity contribution is -0.137. The Kier molecular flexibility index (Phi) is 19.8. The zero-order chi connectivity index (χ0) is 71.1. The van der Waals surface area contributed by atoms with E-state index in [1.165, 1.54) is 71.8 Å². The van der Waals surface area contributed by atoms with Crippen LogP contribution in [0.25, 0.3) is 61.3 Å². The first-order valence-electron chi connectivity index (χ1n) is 28.6. The van der Waals surface area contributed by atoms with Crippen molar-refractivity contribution >= 4 is 102 Å². The van der Waals surface area contributed by atoms with Crippen LogP contribution in [0, 0.1) is 27.7 Å². The van der Waals surface area contributed by atoms with Gasteiger partial charge in [-0.3, -0.25) is 28.5 Å². The van der Waals surface area contributed by atoms with Crippen LogP contribution in [0.1, 0.15) is 86.5 Å². The van der Waals surface area contributed by atoms with E-state index >= 15 is 0 Å². The molecule has 0 unspecified atom stereocenters. The van der Waals surface area contributed by atoms with E-state index in [4.69, 9.17) is 23.7 Å². The quantitative estimate of drug-likeness (QED) is 0.0381. The van der Waals surface area contributed by atoms with E-state index in [-0.39, 0.29) is 101 Å². The number of carbonyl (C=O) groups excluding carboxylic acids is 6. The minimum atomic E-state index is -4.68. The smallest absolute Gasteiger partial charge is 0.418 e. The summed E-state index contributed by atoms with van der Waals surface area (Å²) in [6, 6.07) is 15.8. The van der Waals surface area contributed by atoms with Crippen molar-refractivity contribution in [1.29, 1.82) is 0 Å². The summed E-state index contributed by atoms with van der Waals surface area (Å²) in [7, 11) is 10.3. The summed E-state index contributed by atoms with van der Waals surface area (Å²) in [6.07, 6.45) is -11.3. The molecule has 97 heavy (non-hydrogen) atoms. The van der Waals surface area contributed by atoms with Crippen molar-refractivity contribution in [1.82, 2.24) is 45.1 Å². The average Bonchev–Trinajstić information content (AvgIpc) is 1.60. The molecule has 0 aliphatic carbocycles. The number of halogens is 10. The molecule has 0 bridgehead atoms. The van der Waals surface area contributed by atoms with Crippen LogP contribution in [0.3, 0.4) is 0 Å². The van der Waals surface area contributed by atoms with E-state index in [1.54, 1.807) is 75.4 Å². The van der Waals surface area contributed by atoms with Crippen molar-refractivity contribution in [3.05, 3.63) is 150 Å². The number of carbonyl (C=O) groups is 6. The van der Waals surface area contributed by atoms with Gasteiger partial charge in [-0.1, -0.05) is 0 Å². The molecule has 5 aromatic carbocycles. The number of allylic oxidation sites excluding steroid dienone is 1. The fraction of sp³-hybridized carbons (Fsp3) is 0.231. The summed E-state index contributed by atoms with van der Waals surface area (Å²) in [5.41, 5.74) is 3.74. The van der Waals surface area contributed by atoms with Gasteiger partial charge in [0, 0.05) is 89.4 Å². The number of H-pyrrole nitrogens is 3. The largest absolute Gasteiger partial charge is 0.497 e. The Labute approximate surface area is 551 Å². The van der Waals surface area contributed by atoms with Gasteiger partial charge in [-0.25, -0.2) is 9.59 Å². The Morgan fingerprint density at radius 3 is 1.38 bits per heavy atom. The second-order valence-corrected chi connectivity index (χ2v) is 22.3. The topological polar surface area (TPSA) is 280 Å². The molecule has 10 aromatic rings. The van der Waals surface area contributed by atoms with Crippen LogP contribution >= 0.6 is 15.9 Å². The van der Waals surface area contributed by atoms with E-state index in [1.807, 2.05) is 0 Å². The van der Waals surface area contributed by atoms with E-state index in [0.29, 0.717) is 80.4 Å². The molecule has 0 spiro atoms. The fourth-order valence-corrected chi connectivity index (χ4v) is 11.4. The third-order valence-corrected chi connectivity index (χ3v) is 16.3. The Hall–Kier alpha value is -11.1. The molecule has 508 valence electrons. The van der Waals surface area contributed by atoms with E-state index in [2.05, 4.69) is 62.3 Å². The number of methoxy groups -OCH3 is 3. The number of aromatic nitrogens is 7. The van der Waals surface area contributed by atoms with Gasteiger partial charge in [0.05, 0.1) is 98.6 Å². The first-order valence-corrected chi connectivity index (χ1v) is 29.3. The number of rotatable bonds is 10. The number of benzene rings is 5. The number of urea groups is 2. The summed E-state index contributed by atoms with van der Waals surface area (Å²) in [5, 5.41) is 19.2. The number of alkyl halides is 9. The number of ether oxygens (including phenoxy) is 5. The molecule has 0 saturated heterocycles. The molecule has 5 aromatic heterocycles. The number of amides is 4. The van der Waals surface area contributed by atoms with Gasteiger partial charge in [-0.2, -0.15) is 49.7 Å². The monoisotopic (exact) mass is 1420 g/mol. The molecular weight excluding hydrogens is 1360 g/mol. The molecule has 7 heterocycles. The number of Topliss-reactive ketones (excluding diaryl/α,β-unsaturated/α-hetero) is 2. The summed E-state index contributed by atoms with van der Waals surface area (Å²) >= 11 is 3.02. The lowest BCUT2D eigenvalue weighted by Gasteiger charge is -2.10. The number of fused-ring (bicyclic) bond motifs is 5. The second kappa shape index (κ2) is 27.4. The first-order chi connectivity index (χ1) is 45.7. The molecule has 4 amide bonds. The van der Waals surface area contributed by atoms with Crippen molar-refractivity contribution in [2.24, 2.45) is 14.1 Å². The highest BCUT2D eigenvalue weighted by molar-refractivity contribution is 9.10. The van der Waals surface area contributed by atoms with Crippen LogP contribution in [-0.4, -0.2) is 113 Å². The maximum Gasteiger partial charge on any atom is 0.418 e. The molecule has 0 saturated carbocycles. The van der Waals surface area contributed by atoms with Crippen LogP contribution in [0.2, 0.25) is 0 Å². The number of hydrogen-bond donors (Lipinski definition) is 7. The lowest BCUT2D eigenvalue weighted by atomic mass is 10.0. The first kappa shape index (κ1) is 70.3. The third kappa shape index (κ3) is 14.1. The standard InChI is InChI=1S/C27H24F3N5O4.C17H16F3N3O2.C11H7BrF3NO2.C10H10N2O3/c1-12-22(13(2)35(4)34-12)24-17(16-9-15(38-5)10-19(23(16)33-24)27(28,29)30)11-21-25(36)18-8-14(32-26(37)31-3)6-7-20(18)39-21;1-8-14(9(2)23(3)22-8)16-12(7-24)11-5-10(25-4)6-13(15(11)21-16)17(18,19)20;1-18-5-2-6-7(4-17)10(12)16-9(6)8(3-5)11(13,14)15;1-11-10(14)12-6-2-3-9-7(4-6)8(13)5-15-9/h6-11,33H,1-5H3,(H2,31,32,37);5-7,21H,1-4H3;2-4,16H,1H3;2-4H,5H2,1H3,(H2,11,12,14)/b21-11-;;;. The van der Waals surface area contributed by atoms with Crippen LogP contribution < -0.4 is 45.0 Å². The molecule has 0 fully saturated rings.